The van der Waals surface area contributed by atoms with Crippen molar-refractivity contribution in [3.8, 4) is 6.07 Å². The van der Waals surface area contributed by atoms with Crippen LogP contribution in [0.2, 0.25) is 5.02 Å². The first-order valence-electron chi connectivity index (χ1n) is 7.80. The monoisotopic (exact) mass is 379 g/mol. The number of benzene rings is 2. The molecule has 0 amide bonds. The number of aromatic nitrogens is 2. The molecule has 2 aromatic carbocycles. The molecule has 0 aliphatic rings. The third-order valence-corrected chi connectivity index (χ3v) is 4.76. The topological polar surface area (TPSA) is 69.5 Å². The fraction of sp³-hybridized carbons (Fsp3) is 0.0500. The summed E-state index contributed by atoms with van der Waals surface area (Å²) in [6, 6.07) is 19.1. The summed E-state index contributed by atoms with van der Waals surface area (Å²) in [7, 11) is 0. The summed E-state index contributed by atoms with van der Waals surface area (Å²) in [5, 5.41) is 10.4. The van der Waals surface area contributed by atoms with Crippen molar-refractivity contribution in [3.63, 3.8) is 0 Å². The van der Waals surface area contributed by atoms with E-state index >= 15 is 0 Å². The molecule has 0 atom stereocenters. The molecule has 0 spiro atoms. The van der Waals surface area contributed by atoms with Gasteiger partial charge in [-0.1, -0.05) is 71.9 Å². The van der Waals surface area contributed by atoms with E-state index in [9.17, 15) is 10.1 Å². The second-order valence-corrected chi connectivity index (χ2v) is 6.80. The third-order valence-electron chi connectivity index (χ3n) is 3.56. The van der Waals surface area contributed by atoms with Crippen molar-refractivity contribution in [2.45, 2.75) is 10.9 Å². The van der Waals surface area contributed by atoms with Crippen LogP contribution in [0.3, 0.4) is 0 Å². The van der Waals surface area contributed by atoms with Crippen molar-refractivity contribution in [3.05, 3.63) is 92.4 Å². The summed E-state index contributed by atoms with van der Waals surface area (Å²) in [5.74, 6) is 0.633. The molecule has 4 nitrogen and oxygen atoms in total. The first-order chi connectivity index (χ1) is 12.7. The van der Waals surface area contributed by atoms with Crippen LogP contribution in [0, 0.1) is 11.3 Å². The lowest BCUT2D eigenvalue weighted by atomic mass is 10.1. The highest BCUT2D eigenvalue weighted by Gasteiger charge is 2.09. The molecule has 0 bridgehead atoms. The molecule has 128 valence electrons. The molecule has 0 radical (unpaired) electrons. The Balaban J connectivity index is 1.84. The van der Waals surface area contributed by atoms with Gasteiger partial charge in [-0.25, -0.2) is 4.98 Å². The molecule has 0 saturated carbocycles. The van der Waals surface area contributed by atoms with Gasteiger partial charge in [-0.3, -0.25) is 4.79 Å². The summed E-state index contributed by atoms with van der Waals surface area (Å²) in [6.07, 6.45) is 3.52. The van der Waals surface area contributed by atoms with Gasteiger partial charge in [0, 0.05) is 10.8 Å². The summed E-state index contributed by atoms with van der Waals surface area (Å²) in [5.41, 5.74) is 1.96. The fourth-order valence-electron chi connectivity index (χ4n) is 2.24. The highest BCUT2D eigenvalue weighted by Crippen LogP contribution is 2.21. The zero-order chi connectivity index (χ0) is 18.4. The molecule has 0 aliphatic carbocycles. The summed E-state index contributed by atoms with van der Waals surface area (Å²) < 4.78 is 0. The van der Waals surface area contributed by atoms with Gasteiger partial charge in [0.15, 0.2) is 5.16 Å². The Hall–Kier alpha value is -2.81. The number of rotatable bonds is 5. The van der Waals surface area contributed by atoms with E-state index < -0.39 is 5.56 Å². The van der Waals surface area contributed by atoms with E-state index in [-0.39, 0.29) is 5.56 Å². The van der Waals surface area contributed by atoms with Crippen molar-refractivity contribution in [2.75, 3.05) is 0 Å². The van der Waals surface area contributed by atoms with E-state index in [0.717, 1.165) is 11.1 Å². The Morgan fingerprint density at radius 3 is 2.54 bits per heavy atom. The lowest BCUT2D eigenvalue weighted by molar-refractivity contribution is 0.920. The third kappa shape index (κ3) is 4.63. The molecular formula is C20H14ClN3OS. The number of H-pyrrole nitrogens is 1. The zero-order valence-corrected chi connectivity index (χ0v) is 15.2. The van der Waals surface area contributed by atoms with E-state index in [4.69, 9.17) is 11.6 Å². The van der Waals surface area contributed by atoms with Gasteiger partial charge in [0.25, 0.3) is 5.56 Å². The van der Waals surface area contributed by atoms with Gasteiger partial charge < -0.3 is 4.98 Å². The number of aromatic amines is 1. The van der Waals surface area contributed by atoms with Crippen LogP contribution in [-0.2, 0) is 5.75 Å². The van der Waals surface area contributed by atoms with Crippen LogP contribution in [0.4, 0.5) is 0 Å². The lowest BCUT2D eigenvalue weighted by Gasteiger charge is -2.04. The summed E-state index contributed by atoms with van der Waals surface area (Å²) in [4.78, 5) is 19.3. The molecule has 6 heteroatoms. The Morgan fingerprint density at radius 2 is 1.85 bits per heavy atom. The van der Waals surface area contributed by atoms with Crippen LogP contribution in [0.25, 0.3) is 12.2 Å². The second-order valence-electron chi connectivity index (χ2n) is 5.40. The van der Waals surface area contributed by atoms with Crippen molar-refractivity contribution in [1.29, 1.82) is 5.26 Å². The smallest absolute Gasteiger partial charge is 0.270 e. The van der Waals surface area contributed by atoms with Gasteiger partial charge in [-0.05, 0) is 29.3 Å². The Labute approximate surface area is 160 Å². The van der Waals surface area contributed by atoms with E-state index in [0.29, 0.717) is 21.6 Å². The van der Waals surface area contributed by atoms with E-state index in [2.05, 4.69) is 9.97 Å². The zero-order valence-electron chi connectivity index (χ0n) is 13.6. The van der Waals surface area contributed by atoms with Crippen LogP contribution in [0.1, 0.15) is 22.4 Å². The van der Waals surface area contributed by atoms with Crippen LogP contribution >= 0.6 is 23.4 Å². The standard InChI is InChI=1S/C20H14ClN3OS/c21-16-9-6-15(7-10-16)13-26-20-23-18(17(12-22)19(25)24-20)11-8-14-4-2-1-3-5-14/h1-11H,13H2,(H,23,24,25)/b11-8+. The lowest BCUT2D eigenvalue weighted by Crippen LogP contribution is -2.15. The Bertz CT molecular complexity index is 1020. The predicted octanol–water partition coefficient (Wildman–Crippen LogP) is 4.76. The maximum absolute atomic E-state index is 12.2. The van der Waals surface area contributed by atoms with Crippen LogP contribution < -0.4 is 5.56 Å². The quantitative estimate of drug-likeness (QED) is 0.512. The first kappa shape index (κ1) is 18.0. The average Bonchev–Trinajstić information content (AvgIpc) is 2.66. The van der Waals surface area contributed by atoms with Crippen molar-refractivity contribution in [1.82, 2.24) is 9.97 Å². The largest absolute Gasteiger partial charge is 0.300 e. The summed E-state index contributed by atoms with van der Waals surface area (Å²) >= 11 is 7.28. The highest BCUT2D eigenvalue weighted by molar-refractivity contribution is 7.98. The van der Waals surface area contributed by atoms with Gasteiger partial charge in [0.1, 0.15) is 11.6 Å². The number of halogens is 1. The van der Waals surface area contributed by atoms with Crippen molar-refractivity contribution >= 4 is 35.5 Å². The van der Waals surface area contributed by atoms with Gasteiger partial charge >= 0.3 is 0 Å². The van der Waals surface area contributed by atoms with Gasteiger partial charge in [0.05, 0.1) is 5.69 Å². The van der Waals surface area contributed by atoms with E-state index in [1.54, 1.807) is 6.08 Å². The minimum atomic E-state index is -0.436. The molecule has 0 saturated heterocycles. The van der Waals surface area contributed by atoms with E-state index in [1.807, 2.05) is 66.7 Å². The van der Waals surface area contributed by atoms with E-state index in [1.165, 1.54) is 11.8 Å². The van der Waals surface area contributed by atoms with Crippen LogP contribution in [0.15, 0.2) is 64.5 Å². The molecule has 1 aromatic heterocycles. The van der Waals surface area contributed by atoms with Gasteiger partial charge in [-0.2, -0.15) is 5.26 Å². The Kier molecular flexibility index (Phi) is 5.90. The maximum Gasteiger partial charge on any atom is 0.270 e. The maximum atomic E-state index is 12.2. The average molecular weight is 380 g/mol. The second kappa shape index (κ2) is 8.52. The Morgan fingerprint density at radius 1 is 1.12 bits per heavy atom. The number of hydrogen-bond acceptors (Lipinski definition) is 4. The molecule has 1 heterocycles. The summed E-state index contributed by atoms with van der Waals surface area (Å²) in [6.45, 7) is 0. The normalized spacial score (nSPS) is 10.8. The van der Waals surface area contributed by atoms with Gasteiger partial charge in [0.2, 0.25) is 0 Å². The SMILES string of the molecule is N#Cc1c(/C=C/c2ccccc2)nc(SCc2ccc(Cl)cc2)[nH]c1=O. The van der Waals surface area contributed by atoms with Crippen LogP contribution in [0.5, 0.6) is 0 Å². The van der Waals surface area contributed by atoms with Crippen molar-refractivity contribution < 1.29 is 0 Å². The molecular weight excluding hydrogens is 366 g/mol. The fourth-order valence-corrected chi connectivity index (χ4v) is 3.19. The molecule has 0 aliphatic heterocycles. The molecule has 1 N–H and O–H groups in total. The highest BCUT2D eigenvalue weighted by atomic mass is 35.5. The van der Waals surface area contributed by atoms with Gasteiger partial charge in [-0.15, -0.1) is 0 Å². The molecule has 0 fully saturated rings. The molecule has 3 aromatic rings. The molecule has 3 rings (SSSR count). The number of nitrogens with one attached hydrogen (secondary N) is 1. The minimum Gasteiger partial charge on any atom is -0.300 e. The first-order valence-corrected chi connectivity index (χ1v) is 9.17. The molecule has 26 heavy (non-hydrogen) atoms. The molecule has 0 unspecified atom stereocenters. The number of thioether (sulfide) groups is 1. The van der Waals surface area contributed by atoms with Crippen molar-refractivity contribution in [2.24, 2.45) is 0 Å². The number of nitrogens with zero attached hydrogens (tertiary/aromatic N) is 2. The predicted molar refractivity (Wildman–Crippen MR) is 106 cm³/mol. The minimum absolute atomic E-state index is 0.00743. The number of hydrogen-bond donors (Lipinski definition) is 1. The number of nitriles is 1. The van der Waals surface area contributed by atoms with Crippen LogP contribution in [-0.4, -0.2) is 9.97 Å².